The third kappa shape index (κ3) is 3.44. The molecule has 3 rings (SSSR count). The molecule has 1 aromatic heterocycles. The van der Waals surface area contributed by atoms with Crippen molar-refractivity contribution in [3.8, 4) is 0 Å². The lowest BCUT2D eigenvalue weighted by Crippen LogP contribution is -2.38. The molecule has 1 fully saturated rings. The van der Waals surface area contributed by atoms with E-state index in [0.29, 0.717) is 13.0 Å². The summed E-state index contributed by atoms with van der Waals surface area (Å²) in [6.07, 6.45) is 2.33. The highest BCUT2D eigenvalue weighted by atomic mass is 35.5. The molecule has 24 heavy (non-hydrogen) atoms. The molecule has 0 aliphatic carbocycles. The molecule has 0 bridgehead atoms. The van der Waals surface area contributed by atoms with Crippen LogP contribution in [0.3, 0.4) is 0 Å². The molecule has 1 amide bonds. The van der Waals surface area contributed by atoms with Crippen molar-refractivity contribution in [1.29, 1.82) is 0 Å². The molecule has 0 unspecified atom stereocenters. The number of nitrogens with zero attached hydrogens (tertiary/aromatic N) is 2. The van der Waals surface area contributed by atoms with Gasteiger partial charge in [0.2, 0.25) is 5.91 Å². The monoisotopic (exact) mass is 351 g/mol. The van der Waals surface area contributed by atoms with E-state index in [4.69, 9.17) is 16.3 Å². The van der Waals surface area contributed by atoms with Gasteiger partial charge in [0.05, 0.1) is 23.2 Å². The van der Waals surface area contributed by atoms with Gasteiger partial charge in [0.15, 0.2) is 0 Å². The quantitative estimate of drug-likeness (QED) is 0.921. The first-order chi connectivity index (χ1) is 11.5. The molecule has 2 atom stereocenters. The van der Waals surface area contributed by atoms with Crippen LogP contribution in [0, 0.1) is 12.7 Å². The summed E-state index contributed by atoms with van der Waals surface area (Å²) in [6, 6.07) is 4.51. The Balaban J connectivity index is 1.69. The molecule has 0 saturated carbocycles. The first kappa shape index (κ1) is 16.9. The Bertz CT molecular complexity index is 762. The van der Waals surface area contributed by atoms with E-state index in [1.165, 1.54) is 6.07 Å². The van der Waals surface area contributed by atoms with Crippen LogP contribution in [0.5, 0.6) is 0 Å². The molecule has 2 aromatic rings. The number of aryl methyl sites for hydroxylation is 2. The summed E-state index contributed by atoms with van der Waals surface area (Å²) in [7, 11) is 1.85. The van der Waals surface area contributed by atoms with Gasteiger partial charge in [0.1, 0.15) is 11.9 Å². The predicted octanol–water partition coefficient (Wildman–Crippen LogP) is 2.71. The fourth-order valence-corrected chi connectivity index (χ4v) is 3.25. The van der Waals surface area contributed by atoms with Crippen LogP contribution in [0.25, 0.3) is 0 Å². The summed E-state index contributed by atoms with van der Waals surface area (Å²) in [4.78, 5) is 12.3. The van der Waals surface area contributed by atoms with E-state index in [2.05, 4.69) is 10.4 Å². The van der Waals surface area contributed by atoms with E-state index in [-0.39, 0.29) is 35.1 Å². The molecular weight excluding hydrogens is 333 g/mol. The Morgan fingerprint density at radius 1 is 1.54 bits per heavy atom. The van der Waals surface area contributed by atoms with E-state index >= 15 is 0 Å². The molecule has 1 saturated heterocycles. The number of carbonyl (C=O) groups excluding carboxylic acids is 1. The smallest absolute Gasteiger partial charge is 0.224 e. The summed E-state index contributed by atoms with van der Waals surface area (Å²) < 4.78 is 21.4. The second kappa shape index (κ2) is 6.91. The number of hydrogen-bond acceptors (Lipinski definition) is 3. The van der Waals surface area contributed by atoms with Crippen LogP contribution in [0.2, 0.25) is 5.02 Å². The highest BCUT2D eigenvalue weighted by Crippen LogP contribution is 2.31. The van der Waals surface area contributed by atoms with Crippen molar-refractivity contribution in [1.82, 2.24) is 15.1 Å². The number of benzene rings is 1. The summed E-state index contributed by atoms with van der Waals surface area (Å²) in [5.74, 6) is -0.796. The van der Waals surface area contributed by atoms with Crippen LogP contribution >= 0.6 is 11.6 Å². The van der Waals surface area contributed by atoms with Gasteiger partial charge in [-0.2, -0.15) is 5.10 Å². The number of ether oxygens (including phenoxy) is 1. The number of halogens is 2. The Kier molecular flexibility index (Phi) is 4.87. The lowest BCUT2D eigenvalue weighted by Gasteiger charge is -2.19. The van der Waals surface area contributed by atoms with E-state index in [0.717, 1.165) is 11.3 Å². The van der Waals surface area contributed by atoms with Crippen LogP contribution in [0.4, 0.5) is 4.39 Å². The van der Waals surface area contributed by atoms with Gasteiger partial charge in [-0.15, -0.1) is 0 Å². The molecule has 0 radical (unpaired) electrons. The van der Waals surface area contributed by atoms with Crippen LogP contribution in [0.1, 0.15) is 29.3 Å². The Labute approximate surface area is 144 Å². The van der Waals surface area contributed by atoms with Gasteiger partial charge in [-0.1, -0.05) is 23.7 Å². The third-order valence-electron chi connectivity index (χ3n) is 4.18. The van der Waals surface area contributed by atoms with Gasteiger partial charge in [-0.25, -0.2) is 4.39 Å². The fourth-order valence-electron chi connectivity index (χ4n) is 3.06. The normalized spacial score (nSPS) is 20.3. The van der Waals surface area contributed by atoms with Gasteiger partial charge >= 0.3 is 0 Å². The maximum atomic E-state index is 13.9. The van der Waals surface area contributed by atoms with Gasteiger partial charge in [0.25, 0.3) is 0 Å². The molecule has 2 heterocycles. The minimum absolute atomic E-state index is 0.0216. The standard InChI is InChI=1S/C17H19ClFN3O2/c1-10-12(9-22(2)21-10)17-14(6-7-24-17)20-15(23)8-11-4-3-5-13(18)16(11)19/h3-5,9,14,17H,6-8H2,1-2H3,(H,20,23)/t14-,17+/m0/s1. The highest BCUT2D eigenvalue weighted by Gasteiger charge is 2.33. The van der Waals surface area contributed by atoms with E-state index in [1.807, 2.05) is 20.2 Å². The maximum absolute atomic E-state index is 13.9. The lowest BCUT2D eigenvalue weighted by molar-refractivity contribution is -0.121. The largest absolute Gasteiger partial charge is 0.371 e. The molecule has 0 spiro atoms. The first-order valence-electron chi connectivity index (χ1n) is 7.79. The van der Waals surface area contributed by atoms with Crippen molar-refractivity contribution in [2.24, 2.45) is 7.05 Å². The number of amides is 1. The first-order valence-corrected chi connectivity index (χ1v) is 8.17. The Hall–Kier alpha value is -1.92. The second-order valence-corrected chi connectivity index (χ2v) is 6.39. The van der Waals surface area contributed by atoms with Crippen LogP contribution < -0.4 is 5.32 Å². The maximum Gasteiger partial charge on any atom is 0.224 e. The lowest BCUT2D eigenvalue weighted by atomic mass is 10.0. The van der Waals surface area contributed by atoms with Crippen molar-refractivity contribution in [3.63, 3.8) is 0 Å². The molecule has 128 valence electrons. The zero-order valence-electron chi connectivity index (χ0n) is 13.6. The van der Waals surface area contributed by atoms with Crippen LogP contribution in [-0.4, -0.2) is 28.3 Å². The molecule has 1 aliphatic rings. The van der Waals surface area contributed by atoms with Crippen LogP contribution in [0.15, 0.2) is 24.4 Å². The summed E-state index contributed by atoms with van der Waals surface area (Å²) >= 11 is 5.75. The number of hydrogen-bond donors (Lipinski definition) is 1. The molecule has 1 aromatic carbocycles. The summed E-state index contributed by atoms with van der Waals surface area (Å²) in [5.41, 5.74) is 2.13. The number of rotatable bonds is 4. The zero-order chi connectivity index (χ0) is 17.3. The molecular formula is C17H19ClFN3O2. The number of carbonyl (C=O) groups is 1. The predicted molar refractivity (Wildman–Crippen MR) is 88.3 cm³/mol. The zero-order valence-corrected chi connectivity index (χ0v) is 14.3. The van der Waals surface area contributed by atoms with E-state index in [9.17, 15) is 9.18 Å². The Morgan fingerprint density at radius 2 is 2.33 bits per heavy atom. The van der Waals surface area contributed by atoms with Crippen molar-refractivity contribution < 1.29 is 13.9 Å². The van der Waals surface area contributed by atoms with E-state index < -0.39 is 5.82 Å². The summed E-state index contributed by atoms with van der Waals surface area (Å²) in [6.45, 7) is 2.48. The van der Waals surface area contributed by atoms with Crippen molar-refractivity contribution >= 4 is 17.5 Å². The minimum Gasteiger partial charge on any atom is -0.371 e. The number of aromatic nitrogens is 2. The van der Waals surface area contributed by atoms with Crippen molar-refractivity contribution in [2.45, 2.75) is 31.9 Å². The molecule has 1 N–H and O–H groups in total. The fraction of sp³-hybridized carbons (Fsp3) is 0.412. The van der Waals surface area contributed by atoms with Crippen molar-refractivity contribution in [2.75, 3.05) is 6.61 Å². The van der Waals surface area contributed by atoms with Gasteiger partial charge in [-0.3, -0.25) is 9.48 Å². The van der Waals surface area contributed by atoms with Gasteiger partial charge < -0.3 is 10.1 Å². The van der Waals surface area contributed by atoms with Gasteiger partial charge in [-0.05, 0) is 25.0 Å². The average molecular weight is 352 g/mol. The van der Waals surface area contributed by atoms with Gasteiger partial charge in [0, 0.05) is 25.4 Å². The average Bonchev–Trinajstić information content (AvgIpc) is 3.09. The molecule has 7 heteroatoms. The molecule has 5 nitrogen and oxygen atoms in total. The topological polar surface area (TPSA) is 56.1 Å². The second-order valence-electron chi connectivity index (χ2n) is 5.99. The molecule has 1 aliphatic heterocycles. The van der Waals surface area contributed by atoms with Crippen LogP contribution in [-0.2, 0) is 23.0 Å². The summed E-state index contributed by atoms with van der Waals surface area (Å²) in [5, 5.41) is 7.29. The Morgan fingerprint density at radius 3 is 3.04 bits per heavy atom. The highest BCUT2D eigenvalue weighted by molar-refractivity contribution is 6.30. The SMILES string of the molecule is Cc1nn(C)cc1[C@H]1OCC[C@@H]1NC(=O)Cc1cccc(Cl)c1F. The number of nitrogens with one attached hydrogen (secondary N) is 1. The third-order valence-corrected chi connectivity index (χ3v) is 4.47. The van der Waals surface area contributed by atoms with E-state index in [1.54, 1.807) is 16.8 Å². The minimum atomic E-state index is -0.545. The van der Waals surface area contributed by atoms with Crippen molar-refractivity contribution in [3.05, 3.63) is 52.1 Å².